The summed E-state index contributed by atoms with van der Waals surface area (Å²) in [6.07, 6.45) is 1.76. The van der Waals surface area contributed by atoms with Crippen LogP contribution in [0.4, 0.5) is 5.69 Å². The fourth-order valence-electron chi connectivity index (χ4n) is 4.76. The summed E-state index contributed by atoms with van der Waals surface area (Å²) < 4.78 is 33.0. The average molecular weight is 654 g/mol. The van der Waals surface area contributed by atoms with Gasteiger partial charge >= 0.3 is 0 Å². The van der Waals surface area contributed by atoms with Crippen LogP contribution in [0, 0.1) is 13.8 Å². The lowest BCUT2D eigenvalue weighted by Crippen LogP contribution is -2.44. The van der Waals surface area contributed by atoms with Gasteiger partial charge in [-0.25, -0.2) is 8.42 Å². The van der Waals surface area contributed by atoms with Gasteiger partial charge in [-0.15, -0.1) is 0 Å². The molecule has 45 heavy (non-hydrogen) atoms. The molecule has 0 aromatic heterocycles. The zero-order chi connectivity index (χ0) is 33.6. The smallest absolute Gasteiger partial charge is 0.229 e. The minimum Gasteiger partial charge on any atom is -0.506 e. The predicted octanol–water partition coefficient (Wildman–Crippen LogP) is 6.52. The molecule has 0 spiro atoms. The Morgan fingerprint density at radius 3 is 2.29 bits per heavy atom. The van der Waals surface area contributed by atoms with Crippen molar-refractivity contribution in [2.75, 3.05) is 17.5 Å². The summed E-state index contributed by atoms with van der Waals surface area (Å²) in [7, 11) is -5.79. The topological polar surface area (TPSA) is 117 Å². The van der Waals surface area contributed by atoms with Crippen molar-refractivity contribution in [3.8, 4) is 5.75 Å². The minimum absolute atomic E-state index is 0.0131. The lowest BCUT2D eigenvalue weighted by atomic mass is 10.0. The molecule has 0 fully saturated rings. The zero-order valence-electron chi connectivity index (χ0n) is 28.2. The number of aryl methyl sites for hydroxylation is 2. The quantitative estimate of drug-likeness (QED) is 0.116. The first-order valence-corrected chi connectivity index (χ1v) is 20.3. The van der Waals surface area contributed by atoms with Crippen molar-refractivity contribution >= 4 is 29.9 Å². The second kappa shape index (κ2) is 14.9. The normalized spacial score (nSPS) is 13.7. The van der Waals surface area contributed by atoms with Gasteiger partial charge < -0.3 is 20.2 Å². The van der Waals surface area contributed by atoms with Gasteiger partial charge in [0, 0.05) is 19.1 Å². The predicted molar refractivity (Wildman–Crippen MR) is 187 cm³/mol. The van der Waals surface area contributed by atoms with E-state index < -0.39 is 18.3 Å². The number of aromatic hydroxyl groups is 1. The van der Waals surface area contributed by atoms with E-state index in [0.29, 0.717) is 19.5 Å². The number of hydrogen-bond acceptors (Lipinski definition) is 6. The number of phenolic OH excluding ortho intramolecular Hbond substituents is 1. The maximum absolute atomic E-state index is 12.7. The molecule has 3 aromatic rings. The van der Waals surface area contributed by atoms with Crippen LogP contribution in [-0.2, 0) is 38.6 Å². The molecule has 246 valence electrons. The van der Waals surface area contributed by atoms with E-state index in [1.54, 1.807) is 12.1 Å². The number of phenols is 1. The van der Waals surface area contributed by atoms with Crippen LogP contribution >= 0.6 is 0 Å². The maximum atomic E-state index is 12.7. The Balaban J connectivity index is 1.67. The molecule has 0 radical (unpaired) electrons. The molecule has 8 nitrogen and oxygen atoms in total. The number of amides is 1. The van der Waals surface area contributed by atoms with Crippen LogP contribution in [-0.4, -0.2) is 46.6 Å². The Bertz CT molecular complexity index is 1580. The third kappa shape index (κ3) is 11.3. The summed E-state index contributed by atoms with van der Waals surface area (Å²) in [5.74, 6) is -0.156. The number of nitrogens with one attached hydrogen (secondary N) is 3. The Morgan fingerprint density at radius 2 is 1.64 bits per heavy atom. The van der Waals surface area contributed by atoms with Crippen molar-refractivity contribution in [3.05, 3.63) is 94.0 Å². The van der Waals surface area contributed by atoms with Crippen LogP contribution in [0.3, 0.4) is 0 Å². The second-order valence-electron chi connectivity index (χ2n) is 13.7. The van der Waals surface area contributed by atoms with Gasteiger partial charge in [0.05, 0.1) is 24.5 Å². The maximum Gasteiger partial charge on any atom is 0.229 e. The van der Waals surface area contributed by atoms with Crippen LogP contribution in [0.2, 0.25) is 18.1 Å². The van der Waals surface area contributed by atoms with E-state index in [1.807, 2.05) is 18.2 Å². The van der Waals surface area contributed by atoms with E-state index in [9.17, 15) is 18.3 Å². The monoisotopic (exact) mass is 653 g/mol. The number of sulfonamides is 1. The molecule has 0 heterocycles. The van der Waals surface area contributed by atoms with Crippen LogP contribution in [0.15, 0.2) is 60.7 Å². The molecule has 0 unspecified atom stereocenters. The first kappa shape index (κ1) is 36.3. The zero-order valence-corrected chi connectivity index (χ0v) is 30.1. The summed E-state index contributed by atoms with van der Waals surface area (Å²) in [6, 6.07) is 19.4. The molecule has 0 aliphatic heterocycles. The molecular formula is C35H51N3O5SSi. The Morgan fingerprint density at radius 1 is 0.956 bits per heavy atom. The Kier molecular flexibility index (Phi) is 12.0. The van der Waals surface area contributed by atoms with Gasteiger partial charge in [0.25, 0.3) is 0 Å². The summed E-state index contributed by atoms with van der Waals surface area (Å²) in [6.45, 7) is 18.2. The SMILES string of the molecule is Cc1ccc(CNC(=O)Cc2cccc(C[C@@H](C)NC[C@H](O[Si](C)(C)C(C)(C)C)c3ccc(O)c(NS(C)(=O)=O)c3)c2)cc1C. The largest absolute Gasteiger partial charge is 0.506 e. The fourth-order valence-corrected chi connectivity index (χ4v) is 6.61. The van der Waals surface area contributed by atoms with Crippen molar-refractivity contribution in [2.45, 2.75) is 91.2 Å². The number of carbonyl (C=O) groups excluding carboxylic acids is 1. The van der Waals surface area contributed by atoms with E-state index in [4.69, 9.17) is 4.43 Å². The highest BCUT2D eigenvalue weighted by Crippen LogP contribution is 2.40. The standard InChI is InChI=1S/C35H51N3O5SSi/c1-24-13-14-29(17-25(24)2)22-37-34(40)20-28-12-10-11-27(19-28)18-26(3)36-23-33(43-45(8,9)35(4,5)6)30-15-16-32(39)31(21-30)38-44(7,41)42/h10-17,19,21,26,33,36,38-39H,18,20,22-23H2,1-9H3,(H,37,40)/t26-,33+/m1/s1. The third-order valence-corrected chi connectivity index (χ3v) is 13.6. The third-order valence-electron chi connectivity index (χ3n) is 8.54. The lowest BCUT2D eigenvalue weighted by molar-refractivity contribution is -0.120. The van der Waals surface area contributed by atoms with Crippen molar-refractivity contribution in [1.29, 1.82) is 0 Å². The number of rotatable bonds is 14. The first-order valence-electron chi connectivity index (χ1n) is 15.5. The van der Waals surface area contributed by atoms with Crippen LogP contribution in [0.1, 0.15) is 67.2 Å². The van der Waals surface area contributed by atoms with E-state index in [0.717, 1.165) is 34.9 Å². The minimum atomic E-state index is -3.57. The molecule has 10 heteroatoms. The molecule has 3 aromatic carbocycles. The first-order chi connectivity index (χ1) is 20.8. The molecule has 3 rings (SSSR count). The number of carbonyl (C=O) groups is 1. The van der Waals surface area contributed by atoms with Gasteiger partial charge in [-0.1, -0.05) is 69.3 Å². The van der Waals surface area contributed by atoms with Crippen molar-refractivity contribution < 1.29 is 22.7 Å². The molecular weight excluding hydrogens is 603 g/mol. The summed E-state index contributed by atoms with van der Waals surface area (Å²) in [4.78, 5) is 12.7. The average Bonchev–Trinajstić information content (AvgIpc) is 2.92. The van der Waals surface area contributed by atoms with Crippen LogP contribution in [0.25, 0.3) is 0 Å². The van der Waals surface area contributed by atoms with Gasteiger partial charge in [0.15, 0.2) is 8.32 Å². The molecule has 0 saturated carbocycles. The van der Waals surface area contributed by atoms with Gasteiger partial charge in [0.1, 0.15) is 5.75 Å². The Labute approximate surface area is 271 Å². The summed E-state index contributed by atoms with van der Waals surface area (Å²) in [5.41, 5.74) is 6.53. The van der Waals surface area contributed by atoms with E-state index in [1.165, 1.54) is 17.2 Å². The highest BCUT2D eigenvalue weighted by atomic mass is 32.2. The lowest BCUT2D eigenvalue weighted by Gasteiger charge is -2.40. The van der Waals surface area contributed by atoms with E-state index >= 15 is 0 Å². The number of benzene rings is 3. The fraction of sp³-hybridized carbons (Fsp3) is 0.457. The highest BCUT2D eigenvalue weighted by Gasteiger charge is 2.39. The summed E-state index contributed by atoms with van der Waals surface area (Å²) >= 11 is 0. The van der Waals surface area contributed by atoms with Crippen molar-refractivity contribution in [2.24, 2.45) is 0 Å². The van der Waals surface area contributed by atoms with E-state index in [2.05, 4.69) is 94.3 Å². The van der Waals surface area contributed by atoms with Crippen molar-refractivity contribution in [3.63, 3.8) is 0 Å². The Hall–Kier alpha value is -3.18. The van der Waals surface area contributed by atoms with E-state index in [-0.39, 0.29) is 34.5 Å². The van der Waals surface area contributed by atoms with Gasteiger partial charge in [0.2, 0.25) is 15.9 Å². The molecule has 0 saturated heterocycles. The van der Waals surface area contributed by atoms with Crippen LogP contribution in [0.5, 0.6) is 5.75 Å². The van der Waals surface area contributed by atoms with Crippen LogP contribution < -0.4 is 15.4 Å². The highest BCUT2D eigenvalue weighted by molar-refractivity contribution is 7.92. The molecule has 0 aliphatic rings. The van der Waals surface area contributed by atoms with Gasteiger partial charge in [-0.3, -0.25) is 9.52 Å². The number of hydrogen-bond donors (Lipinski definition) is 4. The summed E-state index contributed by atoms with van der Waals surface area (Å²) in [5, 5.41) is 16.9. The van der Waals surface area contributed by atoms with Crippen molar-refractivity contribution in [1.82, 2.24) is 10.6 Å². The molecule has 4 N–H and O–H groups in total. The van der Waals surface area contributed by atoms with Gasteiger partial charge in [-0.05, 0) is 90.8 Å². The van der Waals surface area contributed by atoms with Gasteiger partial charge in [-0.2, -0.15) is 0 Å². The molecule has 0 bridgehead atoms. The molecule has 2 atom stereocenters. The number of anilines is 1. The molecule has 0 aliphatic carbocycles. The second-order valence-corrected chi connectivity index (χ2v) is 20.2. The molecule has 1 amide bonds.